The fourth-order valence-electron chi connectivity index (χ4n) is 13.5. The van der Waals surface area contributed by atoms with Gasteiger partial charge in [0.15, 0.2) is 5.78 Å². The number of carboxylic acid groups (broad SMARTS) is 1. The Morgan fingerprint density at radius 1 is 0.611 bits per heavy atom. The minimum atomic E-state index is -1.98. The first-order valence-electron chi connectivity index (χ1n) is 38.8. The zero-order valence-corrected chi connectivity index (χ0v) is 65.4. The topological polar surface area (TPSA) is 494 Å². The first kappa shape index (κ1) is 93.0. The van der Waals surface area contributed by atoms with Crippen molar-refractivity contribution in [1.82, 2.24) is 63.5 Å². The standard InChI is InChI=1S/C81H115N13O18.CH4/c1-47(2)40-62(86-51(6)97)74(107)92-68(50(5)96)77(110)89-64(42-53-24-17-16-18-25-53)76(109)94-81(8)39-22-15-13-11-9-10-12-14-21-38-80(7,79(112)91-65(46-95)75(108)85-49(4)70(103)84-48(3)69(82)102)93-71(104)55(41-52-26-23-27-52)32-36-66(99)61(44-56-45-83-59-29-20-19-28-58(56)59)87-73(106)63(43-54-30-33-57(98)34-31-54)88-72(105)60(90-78(81)111)35-37-67(100)101;/h10,12,16-20,24-25,28-31,33-34,45,47-50,52,55,60-65,68,83,95-96,98H,9,11,13-15,21-23,26-27,32,35-44,46H2,1-8H3,(H2,82,102)(H,84,103)(H,85,108)(H,86,97)(H,87,106)(H,88,105)(H,89,110)(H,90,111)(H,91,112)(H,92,107)(H,93,104)(H,94,109)(H,100,101);1H4/b12-10+;/t48?,49-,50+,55-,60-,61-,62-,63?,64-,65?,68-,80-,81+;/m0./s1. The number of amides is 12. The van der Waals surface area contributed by atoms with Crippen LogP contribution in [0.1, 0.15) is 195 Å². The van der Waals surface area contributed by atoms with Crippen LogP contribution in [0.25, 0.3) is 10.9 Å². The van der Waals surface area contributed by atoms with Gasteiger partial charge in [0, 0.05) is 62.0 Å². The van der Waals surface area contributed by atoms with Crippen LogP contribution in [-0.2, 0) is 86.4 Å². The molecule has 0 radical (unpaired) electrons. The van der Waals surface area contributed by atoms with Crippen LogP contribution in [0, 0.1) is 17.8 Å². The molecule has 620 valence electrons. The number of rotatable bonds is 29. The Bertz CT molecular complexity index is 3940. The second kappa shape index (κ2) is 45.2. The minimum Gasteiger partial charge on any atom is -0.508 e. The van der Waals surface area contributed by atoms with Gasteiger partial charge in [0.2, 0.25) is 70.9 Å². The summed E-state index contributed by atoms with van der Waals surface area (Å²) in [5.41, 5.74) is 3.82. The molecule has 0 bridgehead atoms. The fraction of sp³-hybridized carbons (Fsp3) is 0.561. The molecule has 13 atom stereocenters. The molecule has 31 heteroatoms. The van der Waals surface area contributed by atoms with Crippen LogP contribution in [0.2, 0.25) is 0 Å². The summed E-state index contributed by atoms with van der Waals surface area (Å²) in [6, 6.07) is 8.44. The summed E-state index contributed by atoms with van der Waals surface area (Å²) < 4.78 is 0. The Kier molecular flexibility index (Phi) is 37.2. The third kappa shape index (κ3) is 29.8. The van der Waals surface area contributed by atoms with E-state index in [0.717, 1.165) is 19.3 Å². The van der Waals surface area contributed by atoms with E-state index in [0.29, 0.717) is 72.5 Å². The fourth-order valence-corrected chi connectivity index (χ4v) is 13.5. The average Bonchev–Trinajstić information content (AvgIpc) is 1.80. The molecule has 3 aromatic carbocycles. The van der Waals surface area contributed by atoms with Gasteiger partial charge in [-0.1, -0.05) is 133 Å². The second-order valence-corrected chi connectivity index (χ2v) is 30.6. The number of ketones is 1. The number of carbonyl (C=O) groups is 14. The lowest BCUT2D eigenvalue weighted by atomic mass is 9.77. The smallest absolute Gasteiger partial charge is 0.303 e. The first-order valence-corrected chi connectivity index (χ1v) is 38.8. The van der Waals surface area contributed by atoms with Crippen molar-refractivity contribution >= 4 is 93.5 Å². The predicted octanol–water partition coefficient (Wildman–Crippen LogP) is 3.72. The number of para-hydroxylation sites is 1. The maximum Gasteiger partial charge on any atom is 0.303 e. The van der Waals surface area contributed by atoms with E-state index in [1.54, 1.807) is 42.6 Å². The lowest BCUT2D eigenvalue weighted by molar-refractivity contribution is -0.140. The van der Waals surface area contributed by atoms with Crippen LogP contribution >= 0.6 is 0 Å². The SMILES string of the molecule is C.CC(=O)N[C@@H](CC(C)C)C(=O)N[C@H](C(=O)N[C@@H](Cc1ccccc1)C(=O)N[C@]1(C)CCCCCC/C=C/CCC[C@@](C)(C(=O)NC(CO)C(=O)N[C@@H](C)C(=O)NC(C)C(N)=O)NC(=O)[C@H](CC2CCC2)CCC(=O)[C@H](Cc2c[nH]c3ccccc23)NC(=O)C(Cc2ccc(O)cc2)NC(=O)[C@H](CCC(=O)O)NC1=O)[C@@H](C)O. The molecule has 6 rings (SSSR count). The summed E-state index contributed by atoms with van der Waals surface area (Å²) in [5.74, 6) is -13.1. The van der Waals surface area contributed by atoms with Crippen molar-refractivity contribution in [1.29, 1.82) is 0 Å². The molecule has 0 spiro atoms. The van der Waals surface area contributed by atoms with Crippen LogP contribution in [0.3, 0.4) is 0 Å². The number of benzene rings is 3. The summed E-state index contributed by atoms with van der Waals surface area (Å²) in [6.45, 7) is 10.7. The quantitative estimate of drug-likeness (QED) is 0.0344. The van der Waals surface area contributed by atoms with Gasteiger partial charge in [0.25, 0.3) is 0 Å². The number of aromatic nitrogens is 1. The highest BCUT2D eigenvalue weighted by molar-refractivity contribution is 6.01. The largest absolute Gasteiger partial charge is 0.508 e. The number of aliphatic carboxylic acids is 1. The summed E-state index contributed by atoms with van der Waals surface area (Å²) >= 11 is 0. The van der Waals surface area contributed by atoms with E-state index >= 15 is 28.8 Å². The molecule has 113 heavy (non-hydrogen) atoms. The minimum absolute atomic E-state index is 0. The molecule has 1 saturated carbocycles. The summed E-state index contributed by atoms with van der Waals surface area (Å²) in [4.78, 5) is 201. The van der Waals surface area contributed by atoms with Gasteiger partial charge in [-0.2, -0.15) is 0 Å². The molecule has 4 aromatic rings. The van der Waals surface area contributed by atoms with Crippen molar-refractivity contribution in [3.05, 3.63) is 114 Å². The zero-order valence-electron chi connectivity index (χ0n) is 65.4. The number of aliphatic hydroxyl groups is 2. The van der Waals surface area contributed by atoms with Gasteiger partial charge in [-0.15, -0.1) is 0 Å². The number of aliphatic hydroxyl groups excluding tert-OH is 2. The van der Waals surface area contributed by atoms with Gasteiger partial charge in [-0.05, 0) is 146 Å². The van der Waals surface area contributed by atoms with Crippen LogP contribution in [0.4, 0.5) is 0 Å². The van der Waals surface area contributed by atoms with E-state index in [1.807, 2.05) is 44.2 Å². The Hall–Kier alpha value is -10.6. The van der Waals surface area contributed by atoms with E-state index in [1.165, 1.54) is 65.8 Å². The molecule has 31 nitrogen and oxygen atoms in total. The molecule has 1 fully saturated rings. The number of aromatic hydroxyl groups is 1. The number of hydrogen-bond acceptors (Lipinski definition) is 17. The highest BCUT2D eigenvalue weighted by atomic mass is 16.4. The summed E-state index contributed by atoms with van der Waals surface area (Å²) in [7, 11) is 0. The number of nitrogens with one attached hydrogen (secondary N) is 12. The van der Waals surface area contributed by atoms with Crippen molar-refractivity contribution in [2.45, 2.75) is 269 Å². The van der Waals surface area contributed by atoms with E-state index in [9.17, 15) is 58.8 Å². The molecule has 1 aromatic heterocycles. The second-order valence-electron chi connectivity index (χ2n) is 30.6. The monoisotopic (exact) mass is 1570 g/mol. The highest BCUT2D eigenvalue weighted by Crippen LogP contribution is 2.35. The lowest BCUT2D eigenvalue weighted by Gasteiger charge is -2.35. The van der Waals surface area contributed by atoms with Gasteiger partial charge in [0.1, 0.15) is 65.2 Å². The van der Waals surface area contributed by atoms with E-state index in [-0.39, 0.29) is 82.8 Å². The van der Waals surface area contributed by atoms with Gasteiger partial charge in [-0.3, -0.25) is 67.1 Å². The highest BCUT2D eigenvalue weighted by Gasteiger charge is 2.43. The van der Waals surface area contributed by atoms with Gasteiger partial charge in [0.05, 0.1) is 18.8 Å². The number of phenols is 1. The van der Waals surface area contributed by atoms with Crippen molar-refractivity contribution < 1.29 is 87.5 Å². The predicted molar refractivity (Wildman–Crippen MR) is 423 cm³/mol. The van der Waals surface area contributed by atoms with Gasteiger partial charge < -0.3 is 89.6 Å². The number of fused-ring (bicyclic) bond motifs is 1. The molecule has 2 aliphatic rings. The number of H-pyrrole nitrogens is 1. The van der Waals surface area contributed by atoms with Gasteiger partial charge in [-0.25, -0.2) is 0 Å². The molecule has 18 N–H and O–H groups in total. The number of allylic oxidation sites excluding steroid dienone is 2. The number of nitrogens with two attached hydrogens (primary N) is 1. The first-order chi connectivity index (χ1) is 53.1. The Labute approximate surface area is 660 Å². The zero-order chi connectivity index (χ0) is 82.4. The van der Waals surface area contributed by atoms with E-state index in [2.05, 4.69) is 63.5 Å². The molecule has 1 aliphatic heterocycles. The van der Waals surface area contributed by atoms with Crippen molar-refractivity contribution in [3.63, 3.8) is 0 Å². The Morgan fingerprint density at radius 3 is 1.87 bits per heavy atom. The van der Waals surface area contributed by atoms with Crippen molar-refractivity contribution in [3.8, 4) is 5.75 Å². The van der Waals surface area contributed by atoms with Crippen LogP contribution in [-0.4, -0.2) is 186 Å². The number of carbonyl (C=O) groups excluding carboxylic acids is 13. The third-order valence-electron chi connectivity index (χ3n) is 20.6. The lowest BCUT2D eigenvalue weighted by Crippen LogP contribution is -2.65. The number of aromatic amines is 1. The summed E-state index contributed by atoms with van der Waals surface area (Å²) in [6.07, 6.45) is 7.73. The van der Waals surface area contributed by atoms with E-state index in [4.69, 9.17) is 5.73 Å². The van der Waals surface area contributed by atoms with E-state index < -0.39 is 180 Å². The molecular formula is C82H119N13O18. The normalized spacial score (nSPS) is 22.3. The molecule has 2 heterocycles. The average molecular weight is 1570 g/mol. The van der Waals surface area contributed by atoms with Crippen LogP contribution in [0.15, 0.2) is 97.2 Å². The molecular weight excluding hydrogens is 1450 g/mol. The van der Waals surface area contributed by atoms with Crippen LogP contribution in [0.5, 0.6) is 5.75 Å². The number of hydrogen-bond donors (Lipinski definition) is 17. The van der Waals surface area contributed by atoms with Crippen molar-refractivity contribution in [2.75, 3.05) is 6.61 Å². The number of carboxylic acids is 1. The van der Waals surface area contributed by atoms with Crippen molar-refractivity contribution in [2.24, 2.45) is 23.5 Å². The number of Topliss-reactive ketones (excluding diaryl/α,β-unsaturated/α-hetero) is 1. The molecule has 3 unspecified atom stereocenters. The number of phenolic OH excluding ortho intramolecular Hbond substituents is 1. The maximum absolute atomic E-state index is 15.4. The molecule has 12 amide bonds. The Morgan fingerprint density at radius 2 is 1.24 bits per heavy atom. The third-order valence-corrected chi connectivity index (χ3v) is 20.6. The Balaban J connectivity index is 0.0000228. The van der Waals surface area contributed by atoms with Crippen LogP contribution < -0.4 is 64.2 Å². The molecule has 0 saturated heterocycles. The number of primary amides is 1. The maximum atomic E-state index is 15.4. The van der Waals surface area contributed by atoms with Gasteiger partial charge >= 0.3 is 5.97 Å². The summed E-state index contributed by atoms with van der Waals surface area (Å²) in [5, 5.41) is 72.0. The molecule has 1 aliphatic carbocycles.